The van der Waals surface area contributed by atoms with Gasteiger partial charge in [-0.05, 0) is 36.9 Å². The second kappa shape index (κ2) is 7.97. The van der Waals surface area contributed by atoms with E-state index in [0.717, 1.165) is 32.8 Å². The van der Waals surface area contributed by atoms with Crippen LogP contribution < -0.4 is 20.6 Å². The van der Waals surface area contributed by atoms with Crippen molar-refractivity contribution in [1.82, 2.24) is 10.3 Å². The van der Waals surface area contributed by atoms with Gasteiger partial charge in [-0.2, -0.15) is 0 Å². The molecule has 2 aromatic carbocycles. The number of carbonyl (C=O) groups is 1. The van der Waals surface area contributed by atoms with Crippen LogP contribution in [-0.4, -0.2) is 28.9 Å². The number of rotatable bonds is 4. The number of benzene rings is 2. The highest BCUT2D eigenvalue weighted by atomic mass is 79.9. The van der Waals surface area contributed by atoms with Crippen LogP contribution in [0.5, 0.6) is 5.75 Å². The number of nitrogens with zero attached hydrogens (tertiary/aromatic N) is 3. The van der Waals surface area contributed by atoms with Crippen LogP contribution in [0.4, 0.5) is 0 Å². The zero-order valence-electron chi connectivity index (χ0n) is 15.5. The lowest BCUT2D eigenvalue weighted by Gasteiger charge is -2.34. The molecule has 6 nitrogen and oxygen atoms in total. The van der Waals surface area contributed by atoms with E-state index in [4.69, 9.17) is 9.73 Å². The van der Waals surface area contributed by atoms with Gasteiger partial charge >= 0.3 is 0 Å². The summed E-state index contributed by atoms with van der Waals surface area (Å²) in [6, 6.07) is 13.5. The molecule has 2 aromatic rings. The predicted molar refractivity (Wildman–Crippen MR) is 114 cm³/mol. The zero-order valence-corrected chi connectivity index (χ0v) is 17.9. The Balaban J connectivity index is 1.95. The first-order chi connectivity index (χ1) is 13.6. The molecular formula is C20H19BrN4O2S. The SMILES string of the molecule is CCCOc1ccccc1[C@H]1N=c2ccc(Br)cc2=C2C(=O)NC(SC)=NN21. The standard InChI is InChI=1S/C20H19BrN4O2S/c1-3-10-27-16-7-5-4-6-13(16)18-22-15-9-8-12(21)11-14(15)17-19(26)23-20(28-2)24-25(17)18/h4-9,11,18H,3,10H2,1-2H3,(H,23,24,26)/t18-/m0/s1. The Morgan fingerprint density at radius 1 is 1.29 bits per heavy atom. The topological polar surface area (TPSA) is 66.3 Å². The Morgan fingerprint density at radius 2 is 2.11 bits per heavy atom. The van der Waals surface area contributed by atoms with Crippen LogP contribution >= 0.6 is 27.7 Å². The Hall–Kier alpha value is -2.32. The van der Waals surface area contributed by atoms with Crippen LogP contribution in [0.15, 0.2) is 57.0 Å². The van der Waals surface area contributed by atoms with Gasteiger partial charge in [0.1, 0.15) is 11.4 Å². The number of ether oxygens (including phenoxy) is 1. The number of hydrazone groups is 1. The minimum absolute atomic E-state index is 0.189. The molecule has 0 bridgehead atoms. The number of hydrogen-bond donors (Lipinski definition) is 1. The molecule has 0 unspecified atom stereocenters. The largest absolute Gasteiger partial charge is 0.493 e. The average molecular weight is 459 g/mol. The summed E-state index contributed by atoms with van der Waals surface area (Å²) in [6.45, 7) is 2.68. The summed E-state index contributed by atoms with van der Waals surface area (Å²) in [4.78, 5) is 17.9. The van der Waals surface area contributed by atoms with Crippen LogP contribution in [0.25, 0.3) is 5.70 Å². The third kappa shape index (κ3) is 3.42. The molecule has 0 spiro atoms. The van der Waals surface area contributed by atoms with Gasteiger partial charge in [-0.25, -0.2) is 5.01 Å². The van der Waals surface area contributed by atoms with E-state index >= 15 is 0 Å². The molecule has 2 heterocycles. The van der Waals surface area contributed by atoms with Crippen molar-refractivity contribution in [2.45, 2.75) is 19.5 Å². The smallest absolute Gasteiger partial charge is 0.276 e. The first kappa shape index (κ1) is 19.0. The summed E-state index contributed by atoms with van der Waals surface area (Å²) in [6.07, 6.45) is 2.30. The highest BCUT2D eigenvalue weighted by molar-refractivity contribution is 9.10. The molecule has 0 fully saturated rings. The van der Waals surface area contributed by atoms with E-state index in [2.05, 4.69) is 33.3 Å². The van der Waals surface area contributed by atoms with Crippen molar-refractivity contribution in [3.05, 3.63) is 63.1 Å². The van der Waals surface area contributed by atoms with Crippen LogP contribution in [0, 0.1) is 0 Å². The van der Waals surface area contributed by atoms with Crippen molar-refractivity contribution in [1.29, 1.82) is 0 Å². The van der Waals surface area contributed by atoms with Crippen molar-refractivity contribution in [3.8, 4) is 5.75 Å². The molecule has 8 heteroatoms. The summed E-state index contributed by atoms with van der Waals surface area (Å²) < 4.78 is 6.83. The normalized spacial score (nSPS) is 17.9. The third-order valence-corrected chi connectivity index (χ3v) is 5.49. The van der Waals surface area contributed by atoms with Gasteiger partial charge in [0.15, 0.2) is 11.3 Å². The first-order valence-corrected chi connectivity index (χ1v) is 11.0. The fraction of sp³-hybridized carbons (Fsp3) is 0.250. The number of nitrogens with one attached hydrogen (secondary N) is 1. The molecule has 28 heavy (non-hydrogen) atoms. The second-order valence-corrected chi connectivity index (χ2v) is 8.02. The van der Waals surface area contributed by atoms with Crippen molar-refractivity contribution < 1.29 is 9.53 Å². The van der Waals surface area contributed by atoms with Crippen LogP contribution in [0.3, 0.4) is 0 Å². The maximum absolute atomic E-state index is 12.9. The van der Waals surface area contributed by atoms with Crippen molar-refractivity contribution >= 4 is 44.5 Å². The average Bonchev–Trinajstić information content (AvgIpc) is 2.71. The van der Waals surface area contributed by atoms with Gasteiger partial charge in [0.05, 0.1) is 12.0 Å². The lowest BCUT2D eigenvalue weighted by molar-refractivity contribution is -0.116. The maximum Gasteiger partial charge on any atom is 0.276 e. The van der Waals surface area contributed by atoms with E-state index in [0.29, 0.717) is 17.5 Å². The maximum atomic E-state index is 12.9. The predicted octanol–water partition coefficient (Wildman–Crippen LogP) is 2.74. The molecular weight excluding hydrogens is 440 g/mol. The first-order valence-electron chi connectivity index (χ1n) is 8.95. The van der Waals surface area contributed by atoms with Crippen molar-refractivity contribution in [2.24, 2.45) is 10.1 Å². The molecule has 0 saturated heterocycles. The summed E-state index contributed by atoms with van der Waals surface area (Å²) in [5, 5.41) is 11.3. The minimum Gasteiger partial charge on any atom is -0.493 e. The van der Waals surface area contributed by atoms with E-state index in [1.54, 1.807) is 5.01 Å². The molecule has 1 N–H and O–H groups in total. The number of amidine groups is 1. The number of thioether (sulfide) groups is 1. The summed E-state index contributed by atoms with van der Waals surface area (Å²) in [5.41, 5.74) is 1.36. The molecule has 4 rings (SSSR count). The van der Waals surface area contributed by atoms with Gasteiger partial charge in [0.25, 0.3) is 5.91 Å². The van der Waals surface area contributed by atoms with E-state index < -0.39 is 6.17 Å². The lowest BCUT2D eigenvalue weighted by atomic mass is 10.1. The molecule has 0 aromatic heterocycles. The number of carbonyl (C=O) groups excluding carboxylic acids is 1. The summed E-state index contributed by atoms with van der Waals surface area (Å²) in [5.74, 6) is 0.565. The summed E-state index contributed by atoms with van der Waals surface area (Å²) in [7, 11) is 0. The number of amides is 1. The Labute approximate surface area is 175 Å². The van der Waals surface area contributed by atoms with E-state index in [9.17, 15) is 4.79 Å². The highest BCUT2D eigenvalue weighted by Gasteiger charge is 2.35. The molecule has 1 amide bonds. The fourth-order valence-electron chi connectivity index (χ4n) is 3.18. The van der Waals surface area contributed by atoms with Gasteiger partial charge in [-0.1, -0.05) is 52.8 Å². The number of hydrogen-bond acceptors (Lipinski definition) is 6. The van der Waals surface area contributed by atoms with Gasteiger partial charge < -0.3 is 4.74 Å². The van der Waals surface area contributed by atoms with E-state index in [-0.39, 0.29) is 5.91 Å². The van der Waals surface area contributed by atoms with Crippen LogP contribution in [0.2, 0.25) is 0 Å². The van der Waals surface area contributed by atoms with Gasteiger partial charge in [-0.15, -0.1) is 5.10 Å². The van der Waals surface area contributed by atoms with Crippen molar-refractivity contribution in [2.75, 3.05) is 12.9 Å². The molecule has 0 saturated carbocycles. The zero-order chi connectivity index (χ0) is 19.7. The number of halogens is 1. The Kier molecular flexibility index (Phi) is 5.41. The quantitative estimate of drug-likeness (QED) is 0.764. The fourth-order valence-corrected chi connectivity index (χ4v) is 3.91. The second-order valence-electron chi connectivity index (χ2n) is 6.31. The highest BCUT2D eigenvalue weighted by Crippen LogP contribution is 2.35. The molecule has 2 aliphatic heterocycles. The minimum atomic E-state index is -0.482. The van der Waals surface area contributed by atoms with Gasteiger partial charge in [0.2, 0.25) is 0 Å². The lowest BCUT2D eigenvalue weighted by Crippen LogP contribution is -2.50. The third-order valence-electron chi connectivity index (χ3n) is 4.42. The van der Waals surface area contributed by atoms with Crippen molar-refractivity contribution in [3.63, 3.8) is 0 Å². The Bertz CT molecular complexity index is 1090. The monoisotopic (exact) mass is 458 g/mol. The molecule has 0 radical (unpaired) electrons. The van der Waals surface area contributed by atoms with Gasteiger partial charge in [0, 0.05) is 15.3 Å². The van der Waals surface area contributed by atoms with Gasteiger partial charge in [-0.3, -0.25) is 15.1 Å². The molecule has 0 aliphatic carbocycles. The summed E-state index contributed by atoms with van der Waals surface area (Å²) >= 11 is 4.87. The number of fused-ring (bicyclic) bond motifs is 2. The van der Waals surface area contributed by atoms with Crippen LogP contribution in [0.1, 0.15) is 25.1 Å². The molecule has 1 atom stereocenters. The Morgan fingerprint density at radius 3 is 2.89 bits per heavy atom. The molecule has 2 aliphatic rings. The van der Waals surface area contributed by atoms with E-state index in [1.807, 2.05) is 48.7 Å². The molecule has 144 valence electrons. The van der Waals surface area contributed by atoms with Crippen LogP contribution in [-0.2, 0) is 4.79 Å². The van der Waals surface area contributed by atoms with E-state index in [1.165, 1.54) is 11.8 Å². The number of para-hydroxylation sites is 1.